The lowest BCUT2D eigenvalue weighted by molar-refractivity contribution is 0.101. The van der Waals surface area contributed by atoms with E-state index >= 15 is 0 Å². The highest BCUT2D eigenvalue weighted by molar-refractivity contribution is 9.10. The monoisotopic (exact) mass is 454 g/mol. The van der Waals surface area contributed by atoms with Crippen LogP contribution in [0.15, 0.2) is 75.9 Å². The molecule has 0 atom stereocenters. The summed E-state index contributed by atoms with van der Waals surface area (Å²) in [5.74, 6) is 0.160. The summed E-state index contributed by atoms with van der Waals surface area (Å²) in [6.45, 7) is 0.242. The van der Waals surface area contributed by atoms with Crippen LogP contribution in [0.5, 0.6) is 0 Å². The van der Waals surface area contributed by atoms with Gasteiger partial charge < -0.3 is 9.84 Å². The Bertz CT molecular complexity index is 1140. The number of hydrogen-bond donors (Lipinski definition) is 1. The number of hydrogen-bond acceptors (Lipinski definition) is 4. The van der Waals surface area contributed by atoms with Gasteiger partial charge >= 0.3 is 0 Å². The molecule has 0 spiro atoms. The highest BCUT2D eigenvalue weighted by Gasteiger charge is 2.17. The van der Waals surface area contributed by atoms with E-state index in [0.29, 0.717) is 28.0 Å². The van der Waals surface area contributed by atoms with Crippen LogP contribution in [0.2, 0.25) is 0 Å². The number of anilines is 1. The zero-order valence-electron chi connectivity index (χ0n) is 15.2. The van der Waals surface area contributed by atoms with E-state index in [4.69, 9.17) is 4.52 Å². The number of amides is 1. The number of carbonyl (C=O) groups is 1. The molecule has 8 heteroatoms. The Kier molecular flexibility index (Phi) is 5.53. The first-order valence-corrected chi connectivity index (χ1v) is 9.65. The Morgan fingerprint density at radius 3 is 2.69 bits per heavy atom. The van der Waals surface area contributed by atoms with Crippen molar-refractivity contribution in [2.24, 2.45) is 0 Å². The van der Waals surface area contributed by atoms with Crippen LogP contribution in [0.4, 0.5) is 10.2 Å². The van der Waals surface area contributed by atoms with Crippen LogP contribution in [0.1, 0.15) is 27.4 Å². The van der Waals surface area contributed by atoms with Crippen molar-refractivity contribution < 1.29 is 13.7 Å². The number of benzene rings is 2. The van der Waals surface area contributed by atoms with Gasteiger partial charge in [0.05, 0.1) is 11.0 Å². The Balaban J connectivity index is 1.44. The summed E-state index contributed by atoms with van der Waals surface area (Å²) in [6, 6.07) is 17.8. The summed E-state index contributed by atoms with van der Waals surface area (Å²) in [4.78, 5) is 12.5. The van der Waals surface area contributed by atoms with E-state index < -0.39 is 5.91 Å². The second-order valence-electron chi connectivity index (χ2n) is 6.41. The van der Waals surface area contributed by atoms with Crippen LogP contribution in [0.3, 0.4) is 0 Å². The molecule has 0 aliphatic rings. The van der Waals surface area contributed by atoms with Crippen LogP contribution in [-0.2, 0) is 13.0 Å². The van der Waals surface area contributed by atoms with Crippen molar-refractivity contribution in [2.75, 3.05) is 5.32 Å². The normalized spacial score (nSPS) is 10.8. The summed E-state index contributed by atoms with van der Waals surface area (Å²) in [7, 11) is 0. The molecule has 2 heterocycles. The average Bonchev–Trinajstić information content (AvgIpc) is 3.31. The third-order valence-electron chi connectivity index (χ3n) is 4.25. The van der Waals surface area contributed by atoms with Crippen LogP contribution in [0, 0.1) is 5.82 Å². The minimum Gasteiger partial charge on any atom is -0.360 e. The van der Waals surface area contributed by atoms with E-state index in [1.807, 2.05) is 30.3 Å². The number of aromatic nitrogens is 3. The molecule has 6 nitrogen and oxygen atoms in total. The van der Waals surface area contributed by atoms with Gasteiger partial charge in [0.2, 0.25) is 0 Å². The fourth-order valence-electron chi connectivity index (χ4n) is 2.84. The van der Waals surface area contributed by atoms with Gasteiger partial charge in [0.25, 0.3) is 5.91 Å². The lowest BCUT2D eigenvalue weighted by Gasteiger charge is -2.03. The van der Waals surface area contributed by atoms with Gasteiger partial charge in [0.15, 0.2) is 11.5 Å². The van der Waals surface area contributed by atoms with Crippen molar-refractivity contribution in [3.8, 4) is 0 Å². The molecule has 4 rings (SSSR count). The first-order valence-electron chi connectivity index (χ1n) is 8.86. The highest BCUT2D eigenvalue weighted by Crippen LogP contribution is 2.22. The SMILES string of the molecule is O=C(Nc1nn(Cc2ccccc2F)cc1Br)c1cc(Cc2ccccc2)on1. The summed E-state index contributed by atoms with van der Waals surface area (Å²) >= 11 is 3.36. The maximum Gasteiger partial charge on any atom is 0.279 e. The van der Waals surface area contributed by atoms with Crippen molar-refractivity contribution in [1.82, 2.24) is 14.9 Å². The molecule has 4 aromatic rings. The second-order valence-corrected chi connectivity index (χ2v) is 7.26. The molecule has 2 aromatic carbocycles. The molecule has 0 saturated carbocycles. The summed E-state index contributed by atoms with van der Waals surface area (Å²) in [5, 5.41) is 10.8. The third-order valence-corrected chi connectivity index (χ3v) is 4.83. The van der Waals surface area contributed by atoms with Gasteiger partial charge in [-0.25, -0.2) is 4.39 Å². The van der Waals surface area contributed by atoms with Crippen LogP contribution in [-0.4, -0.2) is 20.8 Å². The van der Waals surface area contributed by atoms with Crippen LogP contribution >= 0.6 is 15.9 Å². The molecule has 0 saturated heterocycles. The maximum atomic E-state index is 13.8. The zero-order valence-corrected chi connectivity index (χ0v) is 16.8. The van der Waals surface area contributed by atoms with Gasteiger partial charge in [0, 0.05) is 24.2 Å². The molecular weight excluding hydrogens is 439 g/mol. The van der Waals surface area contributed by atoms with Gasteiger partial charge in [-0.15, -0.1) is 0 Å². The molecule has 146 valence electrons. The molecule has 0 aliphatic carbocycles. The van der Waals surface area contributed by atoms with Crippen molar-refractivity contribution in [3.63, 3.8) is 0 Å². The Hall–Kier alpha value is -3.26. The summed E-state index contributed by atoms with van der Waals surface area (Å²) in [6.07, 6.45) is 2.22. The molecule has 0 unspecified atom stereocenters. The third kappa shape index (κ3) is 4.60. The molecule has 2 aromatic heterocycles. The van der Waals surface area contributed by atoms with Crippen molar-refractivity contribution in [3.05, 3.63) is 99.7 Å². The minimum atomic E-state index is -0.440. The average molecular weight is 455 g/mol. The van der Waals surface area contributed by atoms with Gasteiger partial charge in [-0.2, -0.15) is 5.10 Å². The topological polar surface area (TPSA) is 73.0 Å². The van der Waals surface area contributed by atoms with Crippen molar-refractivity contribution in [2.45, 2.75) is 13.0 Å². The fraction of sp³-hybridized carbons (Fsp3) is 0.0952. The molecular formula is C21H16BrFN4O2. The van der Waals surface area contributed by atoms with E-state index in [-0.39, 0.29) is 18.1 Å². The Labute approximate surface area is 174 Å². The summed E-state index contributed by atoms with van der Waals surface area (Å²) in [5.41, 5.74) is 1.72. The highest BCUT2D eigenvalue weighted by atomic mass is 79.9. The van der Waals surface area contributed by atoms with E-state index in [2.05, 4.69) is 31.5 Å². The predicted octanol–water partition coefficient (Wildman–Crippen LogP) is 4.66. The number of halogens is 2. The molecule has 0 fully saturated rings. The Morgan fingerprint density at radius 2 is 1.90 bits per heavy atom. The number of nitrogens with zero attached hydrogens (tertiary/aromatic N) is 3. The van der Waals surface area contributed by atoms with E-state index in [0.717, 1.165) is 5.56 Å². The second kappa shape index (κ2) is 8.40. The quantitative estimate of drug-likeness (QED) is 0.459. The van der Waals surface area contributed by atoms with Gasteiger partial charge in [-0.1, -0.05) is 53.7 Å². The molecule has 0 radical (unpaired) electrons. The smallest absolute Gasteiger partial charge is 0.279 e. The van der Waals surface area contributed by atoms with Crippen molar-refractivity contribution in [1.29, 1.82) is 0 Å². The lowest BCUT2D eigenvalue weighted by atomic mass is 10.1. The lowest BCUT2D eigenvalue weighted by Crippen LogP contribution is -2.13. The van der Waals surface area contributed by atoms with Crippen LogP contribution < -0.4 is 5.32 Å². The van der Waals surface area contributed by atoms with Crippen LogP contribution in [0.25, 0.3) is 0 Å². The van der Waals surface area contributed by atoms with E-state index in [1.165, 1.54) is 6.07 Å². The molecule has 1 N–H and O–H groups in total. The Morgan fingerprint density at radius 1 is 1.14 bits per heavy atom. The maximum absolute atomic E-state index is 13.8. The minimum absolute atomic E-state index is 0.159. The van der Waals surface area contributed by atoms with E-state index in [9.17, 15) is 9.18 Å². The molecule has 0 aliphatic heterocycles. The van der Waals surface area contributed by atoms with Crippen molar-refractivity contribution >= 4 is 27.7 Å². The fourth-order valence-corrected chi connectivity index (χ4v) is 3.25. The van der Waals surface area contributed by atoms with Gasteiger partial charge in [-0.05, 0) is 27.6 Å². The predicted molar refractivity (Wildman–Crippen MR) is 109 cm³/mol. The first-order chi connectivity index (χ1) is 14.1. The molecule has 0 bridgehead atoms. The standard InChI is InChI=1S/C21H16BrFN4O2/c22-17-13-27(12-15-8-4-5-9-18(15)23)25-20(17)24-21(28)19-11-16(29-26-19)10-14-6-2-1-3-7-14/h1-9,11,13H,10,12H2,(H,24,25,28). The largest absolute Gasteiger partial charge is 0.360 e. The molecule has 1 amide bonds. The number of nitrogens with one attached hydrogen (secondary N) is 1. The van der Waals surface area contributed by atoms with Gasteiger partial charge in [0.1, 0.15) is 11.6 Å². The van der Waals surface area contributed by atoms with Gasteiger partial charge in [-0.3, -0.25) is 9.48 Å². The zero-order chi connectivity index (χ0) is 20.2. The first kappa shape index (κ1) is 19.1. The van der Waals surface area contributed by atoms with E-state index in [1.54, 1.807) is 35.1 Å². The molecule has 29 heavy (non-hydrogen) atoms. The number of carbonyl (C=O) groups excluding carboxylic acids is 1. The number of rotatable bonds is 6. The summed E-state index contributed by atoms with van der Waals surface area (Å²) < 4.78 is 21.2.